The molecule has 1 heterocycles. The van der Waals surface area contributed by atoms with Gasteiger partial charge in [-0.15, -0.1) is 0 Å². The molecule has 0 unspecified atom stereocenters. The molecular formula is C19H20FNO. The van der Waals surface area contributed by atoms with Gasteiger partial charge < -0.3 is 4.74 Å². The molecule has 2 aromatic rings. The summed E-state index contributed by atoms with van der Waals surface area (Å²) in [5, 5.41) is 0. The van der Waals surface area contributed by atoms with Crippen LogP contribution in [0.1, 0.15) is 16.7 Å². The van der Waals surface area contributed by atoms with E-state index in [1.807, 2.05) is 6.08 Å². The first-order valence-corrected chi connectivity index (χ1v) is 7.56. The van der Waals surface area contributed by atoms with E-state index >= 15 is 0 Å². The van der Waals surface area contributed by atoms with Gasteiger partial charge >= 0.3 is 0 Å². The summed E-state index contributed by atoms with van der Waals surface area (Å²) >= 11 is 0. The summed E-state index contributed by atoms with van der Waals surface area (Å²) in [5.74, 6) is 0.831. The molecular weight excluding hydrogens is 277 g/mol. The highest BCUT2D eigenvalue weighted by molar-refractivity contribution is 5.49. The van der Waals surface area contributed by atoms with Crippen LogP contribution in [0.5, 0.6) is 5.75 Å². The van der Waals surface area contributed by atoms with Crippen LogP contribution in [0.4, 0.5) is 4.39 Å². The van der Waals surface area contributed by atoms with E-state index in [4.69, 9.17) is 4.74 Å². The number of hydrogen-bond acceptors (Lipinski definition) is 2. The van der Waals surface area contributed by atoms with Crippen LogP contribution in [0.2, 0.25) is 0 Å². The van der Waals surface area contributed by atoms with E-state index in [-0.39, 0.29) is 5.82 Å². The number of hydrogen-bond donors (Lipinski definition) is 0. The first-order valence-electron chi connectivity index (χ1n) is 7.56. The summed E-state index contributed by atoms with van der Waals surface area (Å²) in [6.45, 7) is 2.56. The molecule has 3 rings (SSSR count). The molecule has 2 aromatic carbocycles. The highest BCUT2D eigenvalue weighted by Gasteiger charge is 2.12. The van der Waals surface area contributed by atoms with E-state index < -0.39 is 0 Å². The van der Waals surface area contributed by atoms with Crippen LogP contribution in [0.3, 0.4) is 0 Å². The van der Waals surface area contributed by atoms with Gasteiger partial charge in [0.15, 0.2) is 0 Å². The van der Waals surface area contributed by atoms with E-state index in [0.29, 0.717) is 0 Å². The van der Waals surface area contributed by atoms with E-state index in [9.17, 15) is 4.39 Å². The van der Waals surface area contributed by atoms with Gasteiger partial charge in [-0.05, 0) is 41.9 Å². The monoisotopic (exact) mass is 297 g/mol. The Morgan fingerprint density at radius 2 is 2.00 bits per heavy atom. The maximum atomic E-state index is 12.8. The summed E-state index contributed by atoms with van der Waals surface area (Å²) in [6.07, 6.45) is 5.13. The topological polar surface area (TPSA) is 12.5 Å². The molecule has 0 saturated carbocycles. The fraction of sp³-hybridized carbons (Fsp3) is 0.263. The summed E-state index contributed by atoms with van der Waals surface area (Å²) in [6, 6.07) is 13.0. The van der Waals surface area contributed by atoms with Crippen molar-refractivity contribution in [3.05, 3.63) is 71.0 Å². The normalized spacial score (nSPS) is 13.6. The van der Waals surface area contributed by atoms with Crippen molar-refractivity contribution in [3.63, 3.8) is 0 Å². The third kappa shape index (κ3) is 3.74. The number of nitrogens with zero attached hydrogens (tertiary/aromatic N) is 1. The lowest BCUT2D eigenvalue weighted by Crippen LogP contribution is -2.17. The molecule has 22 heavy (non-hydrogen) atoms. The molecule has 0 spiro atoms. The molecule has 1 aliphatic rings. The Labute approximate surface area is 130 Å². The van der Waals surface area contributed by atoms with Crippen molar-refractivity contribution in [2.24, 2.45) is 0 Å². The quantitative estimate of drug-likeness (QED) is 0.830. The smallest absolute Gasteiger partial charge is 0.123 e. The zero-order chi connectivity index (χ0) is 15.4. The molecule has 3 heteroatoms. The SMILES string of the molecule is CN(CC=Cc1ccc(F)cc1)Cc1ccc2c(c1)CCO2. The fourth-order valence-electron chi connectivity index (χ4n) is 2.66. The second-order valence-corrected chi connectivity index (χ2v) is 5.69. The molecule has 0 aromatic heterocycles. The molecule has 0 saturated heterocycles. The Bertz CT molecular complexity index is 664. The van der Waals surface area contributed by atoms with Gasteiger partial charge in [0.05, 0.1) is 6.61 Å². The van der Waals surface area contributed by atoms with E-state index in [1.54, 1.807) is 12.1 Å². The number of likely N-dealkylation sites (N-methyl/N-ethyl adjacent to an activating group) is 1. The van der Waals surface area contributed by atoms with Crippen LogP contribution < -0.4 is 4.74 Å². The summed E-state index contributed by atoms with van der Waals surface area (Å²) in [7, 11) is 2.10. The summed E-state index contributed by atoms with van der Waals surface area (Å²) in [5.41, 5.74) is 3.64. The van der Waals surface area contributed by atoms with Gasteiger partial charge in [0, 0.05) is 19.5 Å². The molecule has 2 nitrogen and oxygen atoms in total. The Morgan fingerprint density at radius 1 is 1.18 bits per heavy atom. The Balaban J connectivity index is 1.54. The number of fused-ring (bicyclic) bond motifs is 1. The lowest BCUT2D eigenvalue weighted by atomic mass is 10.1. The predicted molar refractivity (Wildman–Crippen MR) is 87.4 cm³/mol. The van der Waals surface area contributed by atoms with Crippen molar-refractivity contribution in [1.29, 1.82) is 0 Å². The van der Waals surface area contributed by atoms with Crippen molar-refractivity contribution in [2.45, 2.75) is 13.0 Å². The predicted octanol–water partition coefficient (Wildman–Crippen LogP) is 3.91. The average molecular weight is 297 g/mol. The van der Waals surface area contributed by atoms with Crippen LogP contribution in [0.25, 0.3) is 6.08 Å². The van der Waals surface area contributed by atoms with Crippen molar-refractivity contribution < 1.29 is 9.13 Å². The second-order valence-electron chi connectivity index (χ2n) is 5.69. The Morgan fingerprint density at radius 3 is 2.82 bits per heavy atom. The largest absolute Gasteiger partial charge is 0.493 e. The third-order valence-electron chi connectivity index (χ3n) is 3.80. The minimum Gasteiger partial charge on any atom is -0.493 e. The minimum absolute atomic E-state index is 0.199. The lowest BCUT2D eigenvalue weighted by molar-refractivity contribution is 0.356. The highest BCUT2D eigenvalue weighted by Crippen LogP contribution is 2.26. The Hall–Kier alpha value is -2.13. The maximum Gasteiger partial charge on any atom is 0.123 e. The van der Waals surface area contributed by atoms with Crippen molar-refractivity contribution in [2.75, 3.05) is 20.2 Å². The van der Waals surface area contributed by atoms with E-state index in [2.05, 4.69) is 36.2 Å². The summed E-state index contributed by atoms with van der Waals surface area (Å²) in [4.78, 5) is 2.25. The number of ether oxygens (including phenoxy) is 1. The maximum absolute atomic E-state index is 12.8. The van der Waals surface area contributed by atoms with Crippen LogP contribution in [0.15, 0.2) is 48.5 Å². The van der Waals surface area contributed by atoms with Gasteiger partial charge in [0.2, 0.25) is 0 Å². The molecule has 0 N–H and O–H groups in total. The van der Waals surface area contributed by atoms with Crippen molar-refractivity contribution in [1.82, 2.24) is 4.90 Å². The molecule has 0 amide bonds. The zero-order valence-corrected chi connectivity index (χ0v) is 12.8. The summed E-state index contributed by atoms with van der Waals surface area (Å²) < 4.78 is 18.4. The highest BCUT2D eigenvalue weighted by atomic mass is 19.1. The van der Waals surface area contributed by atoms with Gasteiger partial charge in [-0.3, -0.25) is 4.90 Å². The van der Waals surface area contributed by atoms with Crippen LogP contribution in [-0.2, 0) is 13.0 Å². The first-order chi connectivity index (χ1) is 10.7. The Kier molecular flexibility index (Phi) is 4.54. The van der Waals surface area contributed by atoms with Crippen LogP contribution in [0, 0.1) is 5.82 Å². The van der Waals surface area contributed by atoms with Crippen LogP contribution in [-0.4, -0.2) is 25.1 Å². The van der Waals surface area contributed by atoms with Gasteiger partial charge in [0.1, 0.15) is 11.6 Å². The number of halogens is 1. The van der Waals surface area contributed by atoms with E-state index in [1.165, 1.54) is 23.3 Å². The average Bonchev–Trinajstić information content (AvgIpc) is 2.97. The van der Waals surface area contributed by atoms with Gasteiger partial charge in [-0.25, -0.2) is 4.39 Å². The molecule has 0 fully saturated rings. The van der Waals surface area contributed by atoms with Gasteiger partial charge in [-0.1, -0.05) is 36.4 Å². The number of benzene rings is 2. The lowest BCUT2D eigenvalue weighted by Gasteiger charge is -2.15. The molecule has 0 bridgehead atoms. The molecule has 0 aliphatic carbocycles. The second kappa shape index (κ2) is 6.75. The van der Waals surface area contributed by atoms with E-state index in [0.717, 1.165) is 37.4 Å². The fourth-order valence-corrected chi connectivity index (χ4v) is 2.66. The van der Waals surface area contributed by atoms with Gasteiger partial charge in [0.25, 0.3) is 0 Å². The standard InChI is InChI=1S/C19H20FNO/c1-21(11-2-3-15-4-7-18(20)8-5-15)14-16-6-9-19-17(13-16)10-12-22-19/h2-9,13H,10-12,14H2,1H3. The van der Waals surface area contributed by atoms with Crippen LogP contribution >= 0.6 is 0 Å². The molecule has 0 radical (unpaired) electrons. The molecule has 1 aliphatic heterocycles. The van der Waals surface area contributed by atoms with Crippen molar-refractivity contribution >= 4 is 6.08 Å². The minimum atomic E-state index is -0.199. The first kappa shape index (κ1) is 14.8. The molecule has 0 atom stereocenters. The number of rotatable bonds is 5. The zero-order valence-electron chi connectivity index (χ0n) is 12.8. The molecule has 114 valence electrons. The van der Waals surface area contributed by atoms with Gasteiger partial charge in [-0.2, -0.15) is 0 Å². The third-order valence-corrected chi connectivity index (χ3v) is 3.80. The van der Waals surface area contributed by atoms with Crippen molar-refractivity contribution in [3.8, 4) is 5.75 Å².